The quantitative estimate of drug-likeness (QED) is 0.898. The summed E-state index contributed by atoms with van der Waals surface area (Å²) < 4.78 is 1.18. The standard InChI is InChI=1S/C13H14BrNS/c1-9-5-3-4-6-10(9)13(15-2)11-7-16-8-12(11)14/h3-8,13,15H,1-2H3. The lowest BCUT2D eigenvalue weighted by Gasteiger charge is -2.18. The van der Waals surface area contributed by atoms with Gasteiger partial charge in [0, 0.05) is 9.85 Å². The first-order chi connectivity index (χ1) is 7.74. The summed E-state index contributed by atoms with van der Waals surface area (Å²) in [7, 11) is 2.00. The minimum Gasteiger partial charge on any atom is -0.309 e. The third-order valence-electron chi connectivity index (χ3n) is 2.74. The molecule has 0 bridgehead atoms. The van der Waals surface area contributed by atoms with Crippen molar-refractivity contribution in [1.29, 1.82) is 0 Å². The number of benzene rings is 1. The monoisotopic (exact) mass is 295 g/mol. The van der Waals surface area contributed by atoms with Gasteiger partial charge in [-0.25, -0.2) is 0 Å². The van der Waals surface area contributed by atoms with E-state index >= 15 is 0 Å². The van der Waals surface area contributed by atoms with Crippen LogP contribution in [-0.4, -0.2) is 7.05 Å². The number of rotatable bonds is 3. The van der Waals surface area contributed by atoms with Gasteiger partial charge in [-0.05, 0) is 52.0 Å². The Morgan fingerprint density at radius 3 is 2.50 bits per heavy atom. The van der Waals surface area contributed by atoms with E-state index in [2.05, 4.69) is 63.2 Å². The summed E-state index contributed by atoms with van der Waals surface area (Å²) in [4.78, 5) is 0. The van der Waals surface area contributed by atoms with Gasteiger partial charge in [-0.2, -0.15) is 11.3 Å². The van der Waals surface area contributed by atoms with E-state index < -0.39 is 0 Å². The second kappa shape index (κ2) is 5.13. The van der Waals surface area contributed by atoms with E-state index in [4.69, 9.17) is 0 Å². The van der Waals surface area contributed by atoms with Crippen molar-refractivity contribution in [2.75, 3.05) is 7.05 Å². The Hall–Kier alpha value is -0.640. The third kappa shape index (κ3) is 2.21. The zero-order chi connectivity index (χ0) is 11.5. The zero-order valence-electron chi connectivity index (χ0n) is 9.33. The highest BCUT2D eigenvalue weighted by molar-refractivity contribution is 9.10. The predicted octanol–water partition coefficient (Wildman–Crippen LogP) is 4.13. The van der Waals surface area contributed by atoms with Gasteiger partial charge in [0.25, 0.3) is 0 Å². The number of halogens is 1. The summed E-state index contributed by atoms with van der Waals surface area (Å²) in [5, 5.41) is 7.69. The minimum atomic E-state index is 0.266. The Labute approximate surface area is 109 Å². The predicted molar refractivity (Wildman–Crippen MR) is 74.1 cm³/mol. The average molecular weight is 296 g/mol. The van der Waals surface area contributed by atoms with Crippen LogP contribution in [0.4, 0.5) is 0 Å². The lowest BCUT2D eigenvalue weighted by Crippen LogP contribution is -2.18. The van der Waals surface area contributed by atoms with E-state index in [1.807, 2.05) is 7.05 Å². The Bertz CT molecular complexity index is 478. The molecular weight excluding hydrogens is 282 g/mol. The summed E-state index contributed by atoms with van der Waals surface area (Å²) in [5.74, 6) is 0. The van der Waals surface area contributed by atoms with E-state index in [1.165, 1.54) is 21.2 Å². The topological polar surface area (TPSA) is 12.0 Å². The van der Waals surface area contributed by atoms with Gasteiger partial charge in [0.1, 0.15) is 0 Å². The minimum absolute atomic E-state index is 0.266. The Morgan fingerprint density at radius 2 is 1.94 bits per heavy atom. The van der Waals surface area contributed by atoms with Crippen LogP contribution >= 0.6 is 27.3 Å². The van der Waals surface area contributed by atoms with Crippen LogP contribution < -0.4 is 5.32 Å². The van der Waals surface area contributed by atoms with E-state index in [-0.39, 0.29) is 6.04 Å². The van der Waals surface area contributed by atoms with Crippen molar-refractivity contribution in [2.45, 2.75) is 13.0 Å². The van der Waals surface area contributed by atoms with Gasteiger partial charge in [-0.1, -0.05) is 24.3 Å². The van der Waals surface area contributed by atoms with Gasteiger partial charge in [0.05, 0.1) is 6.04 Å². The molecule has 16 heavy (non-hydrogen) atoms. The normalized spacial score (nSPS) is 12.7. The fourth-order valence-electron chi connectivity index (χ4n) is 1.89. The molecule has 0 spiro atoms. The second-order valence-corrected chi connectivity index (χ2v) is 5.35. The first kappa shape index (κ1) is 11.8. The fraction of sp³-hybridized carbons (Fsp3) is 0.231. The largest absolute Gasteiger partial charge is 0.309 e. The highest BCUT2D eigenvalue weighted by atomic mass is 79.9. The molecule has 1 nitrogen and oxygen atoms in total. The molecule has 0 aliphatic heterocycles. The van der Waals surface area contributed by atoms with Crippen LogP contribution in [0.15, 0.2) is 39.5 Å². The molecule has 0 radical (unpaired) electrons. The van der Waals surface area contributed by atoms with Gasteiger partial charge in [-0.15, -0.1) is 0 Å². The van der Waals surface area contributed by atoms with Crippen molar-refractivity contribution in [1.82, 2.24) is 5.32 Å². The van der Waals surface area contributed by atoms with E-state index in [1.54, 1.807) is 11.3 Å². The van der Waals surface area contributed by atoms with Gasteiger partial charge >= 0.3 is 0 Å². The number of thiophene rings is 1. The van der Waals surface area contributed by atoms with Crippen molar-refractivity contribution >= 4 is 27.3 Å². The first-order valence-corrected chi connectivity index (χ1v) is 6.92. The Balaban J connectivity index is 2.45. The molecule has 0 aliphatic carbocycles. The maximum Gasteiger partial charge on any atom is 0.0596 e. The van der Waals surface area contributed by atoms with Crippen LogP contribution in [0, 0.1) is 6.92 Å². The van der Waals surface area contributed by atoms with Crippen LogP contribution in [0.5, 0.6) is 0 Å². The van der Waals surface area contributed by atoms with Crippen LogP contribution in [0.3, 0.4) is 0 Å². The molecule has 1 N–H and O–H groups in total. The smallest absolute Gasteiger partial charge is 0.0596 e. The van der Waals surface area contributed by atoms with Gasteiger partial charge in [-0.3, -0.25) is 0 Å². The van der Waals surface area contributed by atoms with Gasteiger partial charge < -0.3 is 5.32 Å². The van der Waals surface area contributed by atoms with Crippen LogP contribution in [0.2, 0.25) is 0 Å². The molecule has 1 heterocycles. The molecule has 1 aromatic carbocycles. The summed E-state index contributed by atoms with van der Waals surface area (Å²) in [6.45, 7) is 2.15. The number of hydrogen-bond donors (Lipinski definition) is 1. The van der Waals surface area contributed by atoms with E-state index in [0.29, 0.717) is 0 Å². The fourth-order valence-corrected chi connectivity index (χ4v) is 3.44. The van der Waals surface area contributed by atoms with Gasteiger partial charge in [0.2, 0.25) is 0 Å². The molecule has 1 aromatic heterocycles. The number of aryl methyl sites for hydroxylation is 1. The number of nitrogens with one attached hydrogen (secondary N) is 1. The summed E-state index contributed by atoms with van der Waals surface area (Å²) in [6, 6.07) is 8.77. The van der Waals surface area contributed by atoms with Gasteiger partial charge in [0.15, 0.2) is 0 Å². The van der Waals surface area contributed by atoms with Crippen LogP contribution in [-0.2, 0) is 0 Å². The van der Waals surface area contributed by atoms with Crippen molar-refractivity contribution in [3.63, 3.8) is 0 Å². The summed E-state index contributed by atoms with van der Waals surface area (Å²) in [5.41, 5.74) is 3.96. The maximum atomic E-state index is 3.60. The van der Waals surface area contributed by atoms with Crippen LogP contribution in [0.25, 0.3) is 0 Å². The van der Waals surface area contributed by atoms with E-state index in [0.717, 1.165) is 0 Å². The number of hydrogen-bond acceptors (Lipinski definition) is 2. The third-order valence-corrected chi connectivity index (χ3v) is 4.49. The Kier molecular flexibility index (Phi) is 3.79. The molecule has 2 rings (SSSR count). The molecule has 0 amide bonds. The second-order valence-electron chi connectivity index (χ2n) is 3.75. The average Bonchev–Trinajstić information content (AvgIpc) is 2.69. The van der Waals surface area contributed by atoms with Crippen molar-refractivity contribution in [3.05, 3.63) is 56.2 Å². The molecule has 84 valence electrons. The summed E-state index contributed by atoms with van der Waals surface area (Å²) >= 11 is 5.32. The molecule has 2 aromatic rings. The zero-order valence-corrected chi connectivity index (χ0v) is 11.7. The SMILES string of the molecule is CNC(c1ccccc1C)c1cscc1Br. The molecule has 0 fully saturated rings. The Morgan fingerprint density at radius 1 is 1.19 bits per heavy atom. The van der Waals surface area contributed by atoms with Crippen molar-refractivity contribution in [3.8, 4) is 0 Å². The molecule has 0 aliphatic rings. The van der Waals surface area contributed by atoms with Crippen molar-refractivity contribution < 1.29 is 0 Å². The highest BCUT2D eigenvalue weighted by Gasteiger charge is 2.16. The maximum absolute atomic E-state index is 3.60. The van der Waals surface area contributed by atoms with Crippen molar-refractivity contribution in [2.24, 2.45) is 0 Å². The highest BCUT2D eigenvalue weighted by Crippen LogP contribution is 2.32. The van der Waals surface area contributed by atoms with Crippen LogP contribution in [0.1, 0.15) is 22.7 Å². The molecule has 3 heteroatoms. The summed E-state index contributed by atoms with van der Waals surface area (Å²) in [6.07, 6.45) is 0. The first-order valence-electron chi connectivity index (χ1n) is 5.18. The molecular formula is C13H14BrNS. The molecule has 1 atom stereocenters. The molecule has 1 unspecified atom stereocenters. The lowest BCUT2D eigenvalue weighted by molar-refractivity contribution is 0.687. The van der Waals surface area contributed by atoms with E-state index in [9.17, 15) is 0 Å². The molecule has 0 saturated carbocycles. The molecule has 0 saturated heterocycles. The lowest BCUT2D eigenvalue weighted by atomic mass is 9.97.